The largest absolute Gasteiger partial charge is 0.477 e. The number of aromatic carboxylic acids is 1. The number of hydrogen-bond donors (Lipinski definition) is 2. The first-order valence-corrected chi connectivity index (χ1v) is 6.50. The molecule has 1 aromatic carbocycles. The molecule has 0 bridgehead atoms. The quantitative estimate of drug-likeness (QED) is 0.768. The van der Waals surface area contributed by atoms with Crippen molar-refractivity contribution in [2.24, 2.45) is 0 Å². The average molecular weight is 279 g/mol. The minimum absolute atomic E-state index is 0.0241. The van der Waals surface area contributed by atoms with Gasteiger partial charge in [-0.15, -0.1) is 0 Å². The second-order valence-electron chi connectivity index (χ2n) is 4.58. The molecule has 104 valence electrons. The number of rotatable bonds is 4. The molecule has 2 aromatic heterocycles. The molecule has 3 rings (SSSR count). The first kappa shape index (κ1) is 13.1. The van der Waals surface area contributed by atoms with Crippen molar-refractivity contribution < 1.29 is 9.90 Å². The van der Waals surface area contributed by atoms with Crippen LogP contribution in [-0.4, -0.2) is 21.0 Å². The van der Waals surface area contributed by atoms with E-state index in [1.165, 1.54) is 12.3 Å². The lowest BCUT2D eigenvalue weighted by Crippen LogP contribution is -2.04. The molecule has 0 aliphatic heterocycles. The predicted octanol–water partition coefficient (Wildman–Crippen LogP) is 2.94. The number of nitrogens with one attached hydrogen (secondary N) is 1. The van der Waals surface area contributed by atoms with Gasteiger partial charge in [-0.25, -0.2) is 9.78 Å². The van der Waals surface area contributed by atoms with Crippen LogP contribution in [0.2, 0.25) is 0 Å². The molecule has 21 heavy (non-hydrogen) atoms. The van der Waals surface area contributed by atoms with Gasteiger partial charge >= 0.3 is 5.97 Å². The number of hydrogen-bond acceptors (Lipinski definition) is 4. The molecule has 5 heteroatoms. The molecule has 2 N–H and O–H groups in total. The van der Waals surface area contributed by atoms with E-state index in [0.29, 0.717) is 6.54 Å². The summed E-state index contributed by atoms with van der Waals surface area (Å²) in [6, 6.07) is 13.2. The van der Waals surface area contributed by atoms with Crippen LogP contribution in [0.5, 0.6) is 0 Å². The van der Waals surface area contributed by atoms with Crippen LogP contribution in [-0.2, 0) is 6.54 Å². The van der Waals surface area contributed by atoms with Crippen LogP contribution in [0.15, 0.2) is 54.9 Å². The summed E-state index contributed by atoms with van der Waals surface area (Å²) in [6.45, 7) is 0.567. The summed E-state index contributed by atoms with van der Waals surface area (Å²) in [4.78, 5) is 19.1. The first-order chi connectivity index (χ1) is 10.2. The minimum Gasteiger partial charge on any atom is -0.477 e. The lowest BCUT2D eigenvalue weighted by atomic mass is 10.1. The van der Waals surface area contributed by atoms with E-state index in [1.54, 1.807) is 12.3 Å². The van der Waals surface area contributed by atoms with E-state index in [-0.39, 0.29) is 5.69 Å². The molecule has 0 amide bonds. The van der Waals surface area contributed by atoms with Crippen LogP contribution in [0.1, 0.15) is 16.1 Å². The maximum atomic E-state index is 10.9. The molecule has 0 aliphatic rings. The van der Waals surface area contributed by atoms with Crippen molar-refractivity contribution in [1.82, 2.24) is 9.97 Å². The van der Waals surface area contributed by atoms with Gasteiger partial charge in [0.05, 0.1) is 5.52 Å². The number of carboxylic acid groups (broad SMARTS) is 1. The van der Waals surface area contributed by atoms with Crippen molar-refractivity contribution in [3.63, 3.8) is 0 Å². The fourth-order valence-corrected chi connectivity index (χ4v) is 2.16. The molecule has 0 fully saturated rings. The third-order valence-corrected chi connectivity index (χ3v) is 3.18. The van der Waals surface area contributed by atoms with Crippen molar-refractivity contribution in [2.75, 3.05) is 5.32 Å². The van der Waals surface area contributed by atoms with Gasteiger partial charge in [0, 0.05) is 30.0 Å². The molecular formula is C16H13N3O2. The van der Waals surface area contributed by atoms with E-state index >= 15 is 0 Å². The van der Waals surface area contributed by atoms with Gasteiger partial charge in [0.25, 0.3) is 0 Å². The summed E-state index contributed by atoms with van der Waals surface area (Å²) in [5, 5.41) is 13.2. The molecule has 0 saturated carbocycles. The Morgan fingerprint density at radius 2 is 1.95 bits per heavy atom. The van der Waals surface area contributed by atoms with E-state index in [2.05, 4.69) is 15.3 Å². The molecule has 0 radical (unpaired) electrons. The summed E-state index contributed by atoms with van der Waals surface area (Å²) in [6.07, 6.45) is 3.24. The molecule has 0 spiro atoms. The van der Waals surface area contributed by atoms with Crippen molar-refractivity contribution in [1.29, 1.82) is 0 Å². The normalized spacial score (nSPS) is 10.5. The fraction of sp³-hybridized carbons (Fsp3) is 0.0625. The van der Waals surface area contributed by atoms with Crippen LogP contribution in [0.25, 0.3) is 10.9 Å². The third kappa shape index (κ3) is 2.81. The summed E-state index contributed by atoms with van der Waals surface area (Å²) < 4.78 is 0. The highest BCUT2D eigenvalue weighted by atomic mass is 16.4. The van der Waals surface area contributed by atoms with Gasteiger partial charge in [0.1, 0.15) is 5.69 Å². The number of aromatic nitrogens is 2. The van der Waals surface area contributed by atoms with Crippen molar-refractivity contribution in [3.05, 3.63) is 66.1 Å². The Hall–Kier alpha value is -2.95. The molecular weight excluding hydrogens is 266 g/mol. The number of nitrogens with zero attached hydrogens (tertiary/aromatic N) is 2. The number of anilines is 1. The van der Waals surface area contributed by atoms with Crippen molar-refractivity contribution >= 4 is 22.6 Å². The maximum absolute atomic E-state index is 10.9. The lowest BCUT2D eigenvalue weighted by molar-refractivity contribution is 0.0690. The summed E-state index contributed by atoms with van der Waals surface area (Å²) in [5.74, 6) is -1.04. The average Bonchev–Trinajstić information content (AvgIpc) is 2.53. The molecule has 0 aliphatic carbocycles. The molecule has 0 saturated heterocycles. The van der Waals surface area contributed by atoms with Crippen molar-refractivity contribution in [3.8, 4) is 0 Å². The van der Waals surface area contributed by atoms with Crippen LogP contribution in [0.3, 0.4) is 0 Å². The SMILES string of the molecule is O=C(O)c1cc(NCc2cccc3cccnc23)ccn1. The van der Waals surface area contributed by atoms with Gasteiger partial charge in [-0.3, -0.25) is 4.98 Å². The van der Waals surface area contributed by atoms with Crippen LogP contribution < -0.4 is 5.32 Å². The summed E-state index contributed by atoms with van der Waals surface area (Å²) in [5.41, 5.74) is 2.74. The highest BCUT2D eigenvalue weighted by molar-refractivity contribution is 5.86. The van der Waals surface area contributed by atoms with Gasteiger partial charge in [-0.2, -0.15) is 0 Å². The molecule has 3 aromatic rings. The van der Waals surface area contributed by atoms with Gasteiger partial charge in [0.2, 0.25) is 0 Å². The Balaban J connectivity index is 1.84. The molecule has 0 unspecified atom stereocenters. The Labute approximate surface area is 121 Å². The maximum Gasteiger partial charge on any atom is 0.354 e. The number of carbonyl (C=O) groups is 1. The molecule has 5 nitrogen and oxygen atoms in total. The number of carboxylic acids is 1. The van der Waals surface area contributed by atoms with E-state index in [9.17, 15) is 4.79 Å². The van der Waals surface area contributed by atoms with Gasteiger partial charge in [0.15, 0.2) is 0 Å². The topological polar surface area (TPSA) is 75.1 Å². The second-order valence-corrected chi connectivity index (χ2v) is 4.58. The standard InChI is InChI=1S/C16H13N3O2/c20-16(21)14-9-13(6-8-17-14)19-10-12-4-1-3-11-5-2-7-18-15(11)12/h1-9H,10H2,(H,17,19)(H,20,21). The highest BCUT2D eigenvalue weighted by Crippen LogP contribution is 2.17. The Kier molecular flexibility index (Phi) is 3.47. The number of benzene rings is 1. The zero-order chi connectivity index (χ0) is 14.7. The number of fused-ring (bicyclic) bond motifs is 1. The highest BCUT2D eigenvalue weighted by Gasteiger charge is 2.06. The zero-order valence-corrected chi connectivity index (χ0v) is 11.2. The van der Waals surface area contributed by atoms with Crippen LogP contribution >= 0.6 is 0 Å². The van der Waals surface area contributed by atoms with Crippen molar-refractivity contribution in [2.45, 2.75) is 6.54 Å². The Bertz CT molecular complexity index is 797. The third-order valence-electron chi connectivity index (χ3n) is 3.18. The second kappa shape index (κ2) is 5.58. The number of pyridine rings is 2. The van der Waals surface area contributed by atoms with Gasteiger partial charge in [-0.05, 0) is 23.8 Å². The van der Waals surface area contributed by atoms with Crippen LogP contribution in [0.4, 0.5) is 5.69 Å². The minimum atomic E-state index is -1.04. The van der Waals surface area contributed by atoms with Crippen LogP contribution in [0, 0.1) is 0 Å². The van der Waals surface area contributed by atoms with Gasteiger partial charge in [-0.1, -0.05) is 24.3 Å². The smallest absolute Gasteiger partial charge is 0.354 e. The monoisotopic (exact) mass is 279 g/mol. The van der Waals surface area contributed by atoms with E-state index < -0.39 is 5.97 Å². The zero-order valence-electron chi connectivity index (χ0n) is 11.2. The predicted molar refractivity (Wildman–Crippen MR) is 80.3 cm³/mol. The van der Waals surface area contributed by atoms with E-state index in [0.717, 1.165) is 22.2 Å². The lowest BCUT2D eigenvalue weighted by Gasteiger charge is -2.09. The Morgan fingerprint density at radius 3 is 2.81 bits per heavy atom. The van der Waals surface area contributed by atoms with E-state index in [1.807, 2.05) is 30.3 Å². The molecule has 2 heterocycles. The molecule has 0 atom stereocenters. The number of para-hydroxylation sites is 1. The van der Waals surface area contributed by atoms with Gasteiger partial charge < -0.3 is 10.4 Å². The van der Waals surface area contributed by atoms with E-state index in [4.69, 9.17) is 5.11 Å². The Morgan fingerprint density at radius 1 is 1.10 bits per heavy atom. The summed E-state index contributed by atoms with van der Waals surface area (Å²) in [7, 11) is 0. The summed E-state index contributed by atoms with van der Waals surface area (Å²) >= 11 is 0. The fourth-order valence-electron chi connectivity index (χ4n) is 2.16. The first-order valence-electron chi connectivity index (χ1n) is 6.50.